The molecule has 4 rings (SSSR count). The highest BCUT2D eigenvalue weighted by atomic mass is 35.5. The fraction of sp³-hybridized carbons (Fsp3) is 0.120. The lowest BCUT2D eigenvalue weighted by atomic mass is 10.0. The van der Waals surface area contributed by atoms with Gasteiger partial charge >= 0.3 is 0 Å². The van der Waals surface area contributed by atoms with Gasteiger partial charge in [0.05, 0.1) is 11.4 Å². The Hall–Kier alpha value is -3.20. The third kappa shape index (κ3) is 5.83. The van der Waals surface area contributed by atoms with Crippen LogP contribution in [0.5, 0.6) is 0 Å². The minimum atomic E-state index is -0.256. The summed E-state index contributed by atoms with van der Waals surface area (Å²) in [6.07, 6.45) is 0. The zero-order valence-corrected chi connectivity index (χ0v) is 20.9. The summed E-state index contributed by atoms with van der Waals surface area (Å²) in [6, 6.07) is 19.7. The monoisotopic (exact) mass is 508 g/mol. The molecule has 0 radical (unpaired) electrons. The fourth-order valence-corrected chi connectivity index (χ4v) is 4.93. The van der Waals surface area contributed by atoms with Gasteiger partial charge in [-0.15, -0.1) is 10.2 Å². The molecule has 1 amide bonds. The summed E-state index contributed by atoms with van der Waals surface area (Å²) in [5.41, 5.74) is 4.59. The maximum absolute atomic E-state index is 12.9. The number of hydrogen-bond acceptors (Lipinski definition) is 7. The van der Waals surface area contributed by atoms with Crippen LogP contribution >= 0.6 is 34.7 Å². The normalized spacial score (nSPS) is 10.7. The highest BCUT2D eigenvalue weighted by Gasteiger charge is 2.17. The number of rotatable bonds is 8. The number of carbonyl (C=O) groups excluding carboxylic acids is 2. The molecule has 0 bridgehead atoms. The van der Waals surface area contributed by atoms with Gasteiger partial charge in [-0.2, -0.15) is 0 Å². The minimum Gasteiger partial charge on any atom is -0.330 e. The highest BCUT2D eigenvalue weighted by molar-refractivity contribution is 8.01. The van der Waals surface area contributed by atoms with Crippen molar-refractivity contribution in [3.8, 4) is 0 Å². The summed E-state index contributed by atoms with van der Waals surface area (Å²) in [5.74, 6) is -0.342. The molecule has 0 atom stereocenters. The smallest absolute Gasteiger partial charge is 0.234 e. The van der Waals surface area contributed by atoms with Crippen molar-refractivity contribution in [3.63, 3.8) is 0 Å². The van der Waals surface area contributed by atoms with E-state index in [9.17, 15) is 9.59 Å². The van der Waals surface area contributed by atoms with E-state index in [1.165, 1.54) is 28.7 Å². The van der Waals surface area contributed by atoms with Gasteiger partial charge in [0, 0.05) is 21.8 Å². The maximum Gasteiger partial charge on any atom is 0.234 e. The number of carbonyl (C=O) groups is 2. The topological polar surface area (TPSA) is 84.0 Å². The highest BCUT2D eigenvalue weighted by Crippen LogP contribution is 2.30. The maximum atomic E-state index is 12.9. The molecule has 4 aromatic rings. The molecule has 3 aromatic carbocycles. The number of nitrogens with zero attached hydrogens (tertiary/aromatic N) is 2. The molecule has 1 heterocycles. The molecule has 172 valence electrons. The first kappa shape index (κ1) is 23.9. The Morgan fingerprint density at radius 1 is 0.971 bits per heavy atom. The minimum absolute atomic E-state index is 0.125. The van der Waals surface area contributed by atoms with Crippen LogP contribution < -0.4 is 10.6 Å². The van der Waals surface area contributed by atoms with Gasteiger partial charge in [-0.1, -0.05) is 77.2 Å². The number of benzene rings is 3. The number of nitrogens with one attached hydrogen (secondary N) is 2. The summed E-state index contributed by atoms with van der Waals surface area (Å²) >= 11 is 8.77. The van der Waals surface area contributed by atoms with E-state index in [2.05, 4.69) is 33.8 Å². The summed E-state index contributed by atoms with van der Waals surface area (Å²) in [7, 11) is 0. The van der Waals surface area contributed by atoms with Gasteiger partial charge in [-0.05, 0) is 49.2 Å². The van der Waals surface area contributed by atoms with Crippen molar-refractivity contribution in [1.82, 2.24) is 10.2 Å². The van der Waals surface area contributed by atoms with E-state index < -0.39 is 0 Å². The largest absolute Gasteiger partial charge is 0.330 e. The SMILES string of the molecule is Cc1cccc(Nc2nnc(SCC(=O)Nc3ccc(Cl)cc3C(=O)c3ccccc3)s2)c1C. The number of aryl methyl sites for hydroxylation is 1. The summed E-state index contributed by atoms with van der Waals surface area (Å²) in [6.45, 7) is 4.10. The average molecular weight is 509 g/mol. The van der Waals surface area contributed by atoms with Gasteiger partial charge < -0.3 is 10.6 Å². The molecule has 0 unspecified atom stereocenters. The van der Waals surface area contributed by atoms with E-state index in [1.54, 1.807) is 42.5 Å². The molecule has 0 aliphatic heterocycles. The second-order valence-corrected chi connectivity index (χ2v) is 10.1. The van der Waals surface area contributed by atoms with Gasteiger partial charge in [-0.25, -0.2) is 0 Å². The summed E-state index contributed by atoms with van der Waals surface area (Å²) in [4.78, 5) is 25.6. The zero-order chi connectivity index (χ0) is 24.1. The third-order valence-electron chi connectivity index (χ3n) is 5.12. The fourth-order valence-electron chi connectivity index (χ4n) is 3.19. The lowest BCUT2D eigenvalue weighted by molar-refractivity contribution is -0.113. The van der Waals surface area contributed by atoms with Crippen LogP contribution in [0.3, 0.4) is 0 Å². The third-order valence-corrected chi connectivity index (χ3v) is 7.32. The molecular formula is C25H21ClN4O2S2. The Bertz CT molecular complexity index is 1340. The van der Waals surface area contributed by atoms with Crippen LogP contribution in [0.15, 0.2) is 71.1 Å². The Balaban J connectivity index is 1.40. The summed E-state index contributed by atoms with van der Waals surface area (Å²) < 4.78 is 0.666. The second-order valence-electron chi connectivity index (χ2n) is 7.47. The van der Waals surface area contributed by atoms with Gasteiger partial charge in [0.1, 0.15) is 0 Å². The number of amides is 1. The van der Waals surface area contributed by atoms with E-state index in [-0.39, 0.29) is 17.4 Å². The number of anilines is 3. The van der Waals surface area contributed by atoms with E-state index in [0.717, 1.165) is 11.3 Å². The van der Waals surface area contributed by atoms with Crippen LogP contribution in [0.2, 0.25) is 5.02 Å². The van der Waals surface area contributed by atoms with E-state index >= 15 is 0 Å². The second kappa shape index (κ2) is 10.8. The lowest BCUT2D eigenvalue weighted by Gasteiger charge is -2.11. The molecule has 0 saturated heterocycles. The van der Waals surface area contributed by atoms with E-state index in [1.807, 2.05) is 25.1 Å². The Morgan fingerprint density at radius 2 is 1.76 bits per heavy atom. The van der Waals surface area contributed by atoms with Crippen LogP contribution in [-0.2, 0) is 4.79 Å². The Morgan fingerprint density at radius 3 is 2.56 bits per heavy atom. The molecule has 1 aromatic heterocycles. The Labute approximate surface area is 210 Å². The molecule has 34 heavy (non-hydrogen) atoms. The van der Waals surface area contributed by atoms with Crippen LogP contribution in [0.25, 0.3) is 0 Å². The van der Waals surface area contributed by atoms with Crippen molar-refractivity contribution < 1.29 is 9.59 Å². The van der Waals surface area contributed by atoms with Gasteiger partial charge in [0.25, 0.3) is 0 Å². The van der Waals surface area contributed by atoms with Crippen LogP contribution in [0.1, 0.15) is 27.0 Å². The van der Waals surface area contributed by atoms with Crippen molar-refractivity contribution in [1.29, 1.82) is 0 Å². The van der Waals surface area contributed by atoms with Crippen LogP contribution in [-0.4, -0.2) is 27.6 Å². The standard InChI is InChI=1S/C25H21ClN4O2S2/c1-15-7-6-10-20(16(15)2)28-24-29-30-25(34-24)33-14-22(31)27-21-12-11-18(26)13-19(21)23(32)17-8-4-3-5-9-17/h3-13H,14H2,1-2H3,(H,27,31)(H,28,29). The predicted molar refractivity (Wildman–Crippen MR) is 140 cm³/mol. The van der Waals surface area contributed by atoms with Crippen molar-refractivity contribution >= 4 is 62.9 Å². The first-order valence-electron chi connectivity index (χ1n) is 10.4. The van der Waals surface area contributed by atoms with Crippen molar-refractivity contribution in [2.45, 2.75) is 18.2 Å². The quantitative estimate of drug-likeness (QED) is 0.208. The first-order chi connectivity index (χ1) is 16.4. The number of aromatic nitrogens is 2. The molecule has 0 spiro atoms. The van der Waals surface area contributed by atoms with Crippen molar-refractivity contribution in [2.24, 2.45) is 0 Å². The average Bonchev–Trinajstić information content (AvgIpc) is 3.29. The number of hydrogen-bond donors (Lipinski definition) is 2. The number of thioether (sulfide) groups is 1. The van der Waals surface area contributed by atoms with E-state index in [4.69, 9.17) is 11.6 Å². The Kier molecular flexibility index (Phi) is 7.62. The molecule has 9 heteroatoms. The zero-order valence-electron chi connectivity index (χ0n) is 18.5. The first-order valence-corrected chi connectivity index (χ1v) is 12.6. The van der Waals surface area contributed by atoms with E-state index in [0.29, 0.717) is 31.3 Å². The number of halogens is 1. The molecule has 2 N–H and O–H groups in total. The molecule has 0 aliphatic rings. The molecule has 6 nitrogen and oxygen atoms in total. The molecule has 0 aliphatic carbocycles. The van der Waals surface area contributed by atoms with Gasteiger partial charge in [0.2, 0.25) is 11.0 Å². The molecule has 0 saturated carbocycles. The van der Waals surface area contributed by atoms with Crippen LogP contribution in [0, 0.1) is 13.8 Å². The van der Waals surface area contributed by atoms with Gasteiger partial charge in [0.15, 0.2) is 10.1 Å². The molecular weight excluding hydrogens is 488 g/mol. The van der Waals surface area contributed by atoms with Crippen molar-refractivity contribution in [2.75, 3.05) is 16.4 Å². The van der Waals surface area contributed by atoms with Gasteiger partial charge in [-0.3, -0.25) is 9.59 Å². The number of ketones is 1. The van der Waals surface area contributed by atoms with Crippen molar-refractivity contribution in [3.05, 3.63) is 94.0 Å². The summed E-state index contributed by atoms with van der Waals surface area (Å²) in [5, 5.41) is 15.5. The lowest BCUT2D eigenvalue weighted by Crippen LogP contribution is -2.17. The molecule has 0 fully saturated rings. The van der Waals surface area contributed by atoms with Crippen LogP contribution in [0.4, 0.5) is 16.5 Å². The predicted octanol–water partition coefficient (Wildman–Crippen LogP) is 6.51.